The van der Waals surface area contributed by atoms with Crippen LogP contribution in [0.25, 0.3) is 4.85 Å². The summed E-state index contributed by atoms with van der Waals surface area (Å²) >= 11 is 0. The standard InChI is InChI=1S/C11H12N2/c1-12-10-5-4-6-11(9-10)13-7-2-3-8-13/h4-6,9H,2-3,7-8H2. The van der Waals surface area contributed by atoms with Crippen LogP contribution in [-0.4, -0.2) is 13.1 Å². The van der Waals surface area contributed by atoms with E-state index in [2.05, 4.69) is 15.8 Å². The van der Waals surface area contributed by atoms with E-state index in [0.29, 0.717) is 0 Å². The third-order valence-corrected chi connectivity index (χ3v) is 2.43. The van der Waals surface area contributed by atoms with E-state index >= 15 is 0 Å². The Morgan fingerprint density at radius 2 is 2.00 bits per heavy atom. The van der Waals surface area contributed by atoms with Crippen molar-refractivity contribution in [3.05, 3.63) is 35.7 Å². The average molecular weight is 172 g/mol. The van der Waals surface area contributed by atoms with Crippen LogP contribution >= 0.6 is 0 Å². The van der Waals surface area contributed by atoms with Crippen LogP contribution in [0.5, 0.6) is 0 Å². The Morgan fingerprint density at radius 3 is 2.69 bits per heavy atom. The molecule has 0 aromatic heterocycles. The summed E-state index contributed by atoms with van der Waals surface area (Å²) in [5, 5.41) is 0. The van der Waals surface area contributed by atoms with E-state index < -0.39 is 0 Å². The molecule has 1 heterocycles. The highest BCUT2D eigenvalue weighted by molar-refractivity contribution is 5.58. The second-order valence-corrected chi connectivity index (χ2v) is 3.33. The molecule has 2 nitrogen and oxygen atoms in total. The van der Waals surface area contributed by atoms with Crippen LogP contribution in [-0.2, 0) is 0 Å². The Morgan fingerprint density at radius 1 is 1.23 bits per heavy atom. The first-order chi connectivity index (χ1) is 6.40. The highest BCUT2D eigenvalue weighted by Gasteiger charge is 2.11. The smallest absolute Gasteiger partial charge is 0.189 e. The molecule has 1 aliphatic heterocycles. The van der Waals surface area contributed by atoms with Crippen LogP contribution in [0.15, 0.2) is 24.3 Å². The van der Waals surface area contributed by atoms with Crippen LogP contribution in [0.3, 0.4) is 0 Å². The average Bonchev–Trinajstić information content (AvgIpc) is 2.71. The molecule has 1 fully saturated rings. The lowest BCUT2D eigenvalue weighted by Crippen LogP contribution is -2.17. The maximum Gasteiger partial charge on any atom is 0.189 e. The Hall–Kier alpha value is -1.49. The van der Waals surface area contributed by atoms with Gasteiger partial charge in [0.15, 0.2) is 5.69 Å². The first-order valence-electron chi connectivity index (χ1n) is 4.62. The predicted octanol–water partition coefficient (Wildman–Crippen LogP) is 2.84. The van der Waals surface area contributed by atoms with E-state index in [4.69, 9.17) is 6.57 Å². The van der Waals surface area contributed by atoms with Crippen LogP contribution in [0.4, 0.5) is 11.4 Å². The van der Waals surface area contributed by atoms with Crippen molar-refractivity contribution >= 4 is 11.4 Å². The molecule has 0 amide bonds. The Balaban J connectivity index is 2.25. The van der Waals surface area contributed by atoms with Crippen molar-refractivity contribution in [3.8, 4) is 0 Å². The van der Waals surface area contributed by atoms with E-state index in [1.807, 2.05) is 18.2 Å². The van der Waals surface area contributed by atoms with Crippen LogP contribution in [0.1, 0.15) is 12.8 Å². The van der Waals surface area contributed by atoms with E-state index in [-0.39, 0.29) is 0 Å². The lowest BCUT2D eigenvalue weighted by Gasteiger charge is -2.17. The third-order valence-electron chi connectivity index (χ3n) is 2.43. The van der Waals surface area contributed by atoms with Gasteiger partial charge in [0, 0.05) is 18.8 Å². The molecule has 1 aliphatic rings. The third kappa shape index (κ3) is 1.65. The quantitative estimate of drug-likeness (QED) is 0.591. The monoisotopic (exact) mass is 172 g/mol. The predicted molar refractivity (Wildman–Crippen MR) is 54.2 cm³/mol. The van der Waals surface area contributed by atoms with Crippen molar-refractivity contribution in [1.29, 1.82) is 0 Å². The molecule has 1 aromatic carbocycles. The molecular formula is C11H12N2. The van der Waals surface area contributed by atoms with E-state index in [0.717, 1.165) is 18.8 Å². The summed E-state index contributed by atoms with van der Waals surface area (Å²) < 4.78 is 0. The number of rotatable bonds is 1. The fraction of sp³-hybridized carbons (Fsp3) is 0.364. The topological polar surface area (TPSA) is 7.60 Å². The minimum atomic E-state index is 0.740. The minimum Gasteiger partial charge on any atom is -0.373 e. The molecule has 0 N–H and O–H groups in total. The fourth-order valence-electron chi connectivity index (χ4n) is 1.73. The molecular weight excluding hydrogens is 160 g/mol. The lowest BCUT2D eigenvalue weighted by molar-refractivity contribution is 0.949. The molecule has 0 aliphatic carbocycles. The highest BCUT2D eigenvalue weighted by atomic mass is 15.1. The summed E-state index contributed by atoms with van der Waals surface area (Å²) in [5.74, 6) is 0. The van der Waals surface area contributed by atoms with Crippen molar-refractivity contribution in [2.24, 2.45) is 0 Å². The highest BCUT2D eigenvalue weighted by Crippen LogP contribution is 2.24. The van der Waals surface area contributed by atoms with Gasteiger partial charge >= 0.3 is 0 Å². The van der Waals surface area contributed by atoms with Gasteiger partial charge in [-0.2, -0.15) is 0 Å². The first-order valence-corrected chi connectivity index (χ1v) is 4.62. The van der Waals surface area contributed by atoms with E-state index in [1.165, 1.54) is 18.5 Å². The SMILES string of the molecule is [C-]#[N+]c1cccc(N2CCCC2)c1. The van der Waals surface area contributed by atoms with Gasteiger partial charge in [0.05, 0.1) is 6.57 Å². The molecule has 0 unspecified atom stereocenters. The molecule has 2 heteroatoms. The molecule has 0 spiro atoms. The van der Waals surface area contributed by atoms with Crippen LogP contribution in [0, 0.1) is 6.57 Å². The molecule has 0 atom stereocenters. The zero-order valence-corrected chi connectivity index (χ0v) is 7.53. The molecule has 0 radical (unpaired) electrons. The summed E-state index contributed by atoms with van der Waals surface area (Å²) in [6.45, 7) is 9.20. The normalized spacial score (nSPS) is 15.8. The van der Waals surface area contributed by atoms with Crippen molar-refractivity contribution in [3.63, 3.8) is 0 Å². The van der Waals surface area contributed by atoms with Gasteiger partial charge in [0.1, 0.15) is 0 Å². The van der Waals surface area contributed by atoms with Gasteiger partial charge in [-0.1, -0.05) is 12.1 Å². The summed E-state index contributed by atoms with van der Waals surface area (Å²) in [4.78, 5) is 5.77. The maximum absolute atomic E-state index is 6.92. The molecule has 66 valence electrons. The van der Waals surface area contributed by atoms with Crippen molar-refractivity contribution < 1.29 is 0 Å². The second kappa shape index (κ2) is 3.49. The Kier molecular flexibility index (Phi) is 2.18. The zero-order valence-electron chi connectivity index (χ0n) is 7.53. The fourth-order valence-corrected chi connectivity index (χ4v) is 1.73. The largest absolute Gasteiger partial charge is 0.373 e. The molecule has 1 saturated heterocycles. The summed E-state index contributed by atoms with van der Waals surface area (Å²) in [6.07, 6.45) is 2.56. The van der Waals surface area contributed by atoms with Crippen molar-refractivity contribution in [2.75, 3.05) is 18.0 Å². The summed E-state index contributed by atoms with van der Waals surface area (Å²) in [5.41, 5.74) is 1.94. The van der Waals surface area contributed by atoms with E-state index in [1.54, 1.807) is 0 Å². The first kappa shape index (κ1) is 8.12. The second-order valence-electron chi connectivity index (χ2n) is 3.33. The molecule has 0 saturated carbocycles. The zero-order chi connectivity index (χ0) is 9.10. The van der Waals surface area contributed by atoms with Gasteiger partial charge < -0.3 is 4.90 Å². The van der Waals surface area contributed by atoms with Gasteiger partial charge in [-0.3, -0.25) is 0 Å². The van der Waals surface area contributed by atoms with Crippen molar-refractivity contribution in [2.45, 2.75) is 12.8 Å². The molecule has 13 heavy (non-hydrogen) atoms. The number of hydrogen-bond donors (Lipinski definition) is 0. The summed E-state index contributed by atoms with van der Waals surface area (Å²) in [6, 6.07) is 7.87. The Labute approximate surface area is 78.6 Å². The number of anilines is 1. The number of benzene rings is 1. The van der Waals surface area contributed by atoms with Gasteiger partial charge in [-0.25, -0.2) is 4.85 Å². The van der Waals surface area contributed by atoms with Gasteiger partial charge in [0.2, 0.25) is 0 Å². The Bertz CT molecular complexity index is 332. The van der Waals surface area contributed by atoms with Crippen LogP contribution in [0.2, 0.25) is 0 Å². The maximum atomic E-state index is 6.92. The number of nitrogens with zero attached hydrogens (tertiary/aromatic N) is 2. The van der Waals surface area contributed by atoms with E-state index in [9.17, 15) is 0 Å². The van der Waals surface area contributed by atoms with Crippen LogP contribution < -0.4 is 4.90 Å². The summed E-state index contributed by atoms with van der Waals surface area (Å²) in [7, 11) is 0. The molecule has 2 rings (SSSR count). The minimum absolute atomic E-state index is 0.740. The number of hydrogen-bond acceptors (Lipinski definition) is 1. The van der Waals surface area contributed by atoms with Gasteiger partial charge in [0.25, 0.3) is 0 Å². The van der Waals surface area contributed by atoms with Crippen molar-refractivity contribution in [1.82, 2.24) is 0 Å². The molecule has 0 bridgehead atoms. The van der Waals surface area contributed by atoms with Gasteiger partial charge in [-0.15, -0.1) is 0 Å². The molecule has 1 aromatic rings. The van der Waals surface area contributed by atoms with Gasteiger partial charge in [-0.05, 0) is 25.0 Å². The lowest BCUT2D eigenvalue weighted by atomic mass is 10.2.